The Morgan fingerprint density at radius 2 is 1.92 bits per heavy atom. The number of guanidine groups is 1. The van der Waals surface area contributed by atoms with E-state index in [-0.39, 0.29) is 18.7 Å². The normalized spacial score (nSPS) is 14.0. The van der Waals surface area contributed by atoms with Crippen LogP contribution in [-0.2, 0) is 6.54 Å². The Morgan fingerprint density at radius 1 is 1.15 bits per heavy atom. The molecule has 0 saturated heterocycles. The molecule has 1 atom stereocenters. The first kappa shape index (κ1) is 17.8. The number of fused-ring (bicyclic) bond motifs is 1. The van der Waals surface area contributed by atoms with E-state index in [9.17, 15) is 4.39 Å². The molecule has 0 aliphatic carbocycles. The number of ether oxygens (including phenoxy) is 3. The molecule has 7 heteroatoms. The first-order valence-corrected chi connectivity index (χ1v) is 8.39. The van der Waals surface area contributed by atoms with Gasteiger partial charge < -0.3 is 24.8 Å². The summed E-state index contributed by atoms with van der Waals surface area (Å²) in [7, 11) is 1.71. The quantitative estimate of drug-likeness (QED) is 0.613. The van der Waals surface area contributed by atoms with Crippen LogP contribution >= 0.6 is 0 Å². The van der Waals surface area contributed by atoms with Gasteiger partial charge in [0.1, 0.15) is 17.7 Å². The van der Waals surface area contributed by atoms with Crippen LogP contribution in [0.1, 0.15) is 12.5 Å². The summed E-state index contributed by atoms with van der Waals surface area (Å²) >= 11 is 0. The smallest absolute Gasteiger partial charge is 0.231 e. The van der Waals surface area contributed by atoms with Gasteiger partial charge in [0.25, 0.3) is 0 Å². The van der Waals surface area contributed by atoms with Gasteiger partial charge in [-0.2, -0.15) is 0 Å². The van der Waals surface area contributed by atoms with Crippen LogP contribution in [0.3, 0.4) is 0 Å². The lowest BCUT2D eigenvalue weighted by molar-refractivity contribution is 0.174. The molecular formula is C19H22FN3O3. The third-order valence-corrected chi connectivity index (χ3v) is 3.83. The first-order chi connectivity index (χ1) is 12.6. The highest BCUT2D eigenvalue weighted by Gasteiger charge is 2.13. The lowest BCUT2D eigenvalue weighted by atomic mass is 10.2. The maximum Gasteiger partial charge on any atom is 0.231 e. The van der Waals surface area contributed by atoms with Crippen molar-refractivity contribution in [3.05, 3.63) is 53.8 Å². The fraction of sp³-hybridized carbons (Fsp3) is 0.316. The molecule has 1 aliphatic rings. The van der Waals surface area contributed by atoms with Gasteiger partial charge in [-0.25, -0.2) is 4.39 Å². The van der Waals surface area contributed by atoms with Gasteiger partial charge in [0, 0.05) is 13.6 Å². The number of rotatable bonds is 6. The standard InChI is InChI=1S/C19H22FN3O3/c1-13(26-16-6-4-15(20)5-7-16)10-22-19(21-2)23-11-14-3-8-17-18(9-14)25-12-24-17/h3-9,13H,10-12H2,1-2H3,(H2,21,22,23). The molecule has 3 rings (SSSR count). The molecule has 1 aliphatic heterocycles. The minimum absolute atomic E-state index is 0.107. The van der Waals surface area contributed by atoms with Crippen LogP contribution in [0.4, 0.5) is 4.39 Å². The summed E-state index contributed by atoms with van der Waals surface area (Å²) in [5.41, 5.74) is 1.06. The summed E-state index contributed by atoms with van der Waals surface area (Å²) in [5, 5.41) is 6.45. The molecule has 0 spiro atoms. The predicted molar refractivity (Wildman–Crippen MR) is 97.3 cm³/mol. The zero-order valence-electron chi connectivity index (χ0n) is 14.8. The van der Waals surface area contributed by atoms with E-state index >= 15 is 0 Å². The summed E-state index contributed by atoms with van der Waals surface area (Å²) in [6.07, 6.45) is -0.107. The van der Waals surface area contributed by atoms with E-state index in [0.29, 0.717) is 24.8 Å². The van der Waals surface area contributed by atoms with Crippen molar-refractivity contribution in [3.63, 3.8) is 0 Å². The molecule has 1 unspecified atom stereocenters. The molecule has 0 radical (unpaired) electrons. The van der Waals surface area contributed by atoms with Gasteiger partial charge in [0.05, 0.1) is 6.54 Å². The van der Waals surface area contributed by atoms with Crippen LogP contribution in [0.5, 0.6) is 17.2 Å². The van der Waals surface area contributed by atoms with E-state index in [4.69, 9.17) is 14.2 Å². The largest absolute Gasteiger partial charge is 0.489 e. The van der Waals surface area contributed by atoms with Crippen molar-refractivity contribution < 1.29 is 18.6 Å². The van der Waals surface area contributed by atoms with Crippen LogP contribution < -0.4 is 24.8 Å². The maximum absolute atomic E-state index is 12.9. The van der Waals surface area contributed by atoms with Crippen molar-refractivity contribution in [3.8, 4) is 17.2 Å². The Morgan fingerprint density at radius 3 is 2.69 bits per heavy atom. The van der Waals surface area contributed by atoms with Gasteiger partial charge >= 0.3 is 0 Å². The Kier molecular flexibility index (Phi) is 5.78. The SMILES string of the molecule is CN=C(NCc1ccc2c(c1)OCO2)NCC(C)Oc1ccc(F)cc1. The minimum atomic E-state index is -0.281. The number of nitrogens with zero attached hydrogens (tertiary/aromatic N) is 1. The number of aliphatic imine (C=N–C) groups is 1. The molecule has 138 valence electrons. The zero-order valence-corrected chi connectivity index (χ0v) is 14.8. The fourth-order valence-corrected chi connectivity index (χ4v) is 2.48. The second kappa shape index (κ2) is 8.42. The monoisotopic (exact) mass is 359 g/mol. The average molecular weight is 359 g/mol. The highest BCUT2D eigenvalue weighted by molar-refractivity contribution is 5.79. The lowest BCUT2D eigenvalue weighted by Crippen LogP contribution is -2.41. The molecule has 26 heavy (non-hydrogen) atoms. The number of hydrogen-bond acceptors (Lipinski definition) is 4. The minimum Gasteiger partial charge on any atom is -0.489 e. The molecular weight excluding hydrogens is 337 g/mol. The van der Waals surface area contributed by atoms with Crippen LogP contribution in [0.15, 0.2) is 47.5 Å². The molecule has 0 aromatic heterocycles. The Labute approximate surface area is 152 Å². The van der Waals surface area contributed by atoms with Crippen LogP contribution in [0.2, 0.25) is 0 Å². The molecule has 0 fully saturated rings. The van der Waals surface area contributed by atoms with E-state index in [1.54, 1.807) is 19.2 Å². The summed E-state index contributed by atoms with van der Waals surface area (Å²) < 4.78 is 29.3. The fourth-order valence-electron chi connectivity index (χ4n) is 2.48. The summed E-state index contributed by atoms with van der Waals surface area (Å²) in [6.45, 7) is 3.35. The van der Waals surface area contributed by atoms with Gasteiger partial charge in [-0.1, -0.05) is 6.07 Å². The van der Waals surface area contributed by atoms with Crippen molar-refractivity contribution >= 4 is 5.96 Å². The zero-order chi connectivity index (χ0) is 18.4. The first-order valence-electron chi connectivity index (χ1n) is 8.39. The molecule has 0 bridgehead atoms. The predicted octanol–water partition coefficient (Wildman–Crippen LogP) is 2.69. The Bertz CT molecular complexity index is 765. The molecule has 1 heterocycles. The average Bonchev–Trinajstić information content (AvgIpc) is 3.11. The van der Waals surface area contributed by atoms with Gasteiger partial charge in [-0.05, 0) is 48.9 Å². The van der Waals surface area contributed by atoms with Crippen molar-refractivity contribution in [2.24, 2.45) is 4.99 Å². The van der Waals surface area contributed by atoms with E-state index in [2.05, 4.69) is 15.6 Å². The van der Waals surface area contributed by atoms with Gasteiger partial charge in [0.2, 0.25) is 6.79 Å². The Hall–Kier alpha value is -2.96. The van der Waals surface area contributed by atoms with Crippen LogP contribution in [0, 0.1) is 5.82 Å². The molecule has 6 nitrogen and oxygen atoms in total. The third-order valence-electron chi connectivity index (χ3n) is 3.83. The second-order valence-electron chi connectivity index (χ2n) is 5.88. The van der Waals surface area contributed by atoms with Crippen molar-refractivity contribution in [2.75, 3.05) is 20.4 Å². The Balaban J connectivity index is 1.45. The summed E-state index contributed by atoms with van der Waals surface area (Å²) in [5.74, 6) is 2.54. The summed E-state index contributed by atoms with van der Waals surface area (Å²) in [4.78, 5) is 4.20. The molecule has 0 saturated carbocycles. The number of nitrogens with one attached hydrogen (secondary N) is 2. The number of benzene rings is 2. The van der Waals surface area contributed by atoms with E-state index in [0.717, 1.165) is 17.1 Å². The molecule has 2 aromatic carbocycles. The van der Waals surface area contributed by atoms with E-state index in [1.165, 1.54) is 12.1 Å². The second-order valence-corrected chi connectivity index (χ2v) is 5.88. The van der Waals surface area contributed by atoms with E-state index < -0.39 is 0 Å². The molecule has 0 amide bonds. The van der Waals surface area contributed by atoms with Crippen LogP contribution in [0.25, 0.3) is 0 Å². The van der Waals surface area contributed by atoms with Crippen molar-refractivity contribution in [1.29, 1.82) is 0 Å². The van der Waals surface area contributed by atoms with Gasteiger partial charge in [0.15, 0.2) is 17.5 Å². The number of halogens is 1. The van der Waals surface area contributed by atoms with Crippen LogP contribution in [-0.4, -0.2) is 32.4 Å². The summed E-state index contributed by atoms with van der Waals surface area (Å²) in [6, 6.07) is 11.8. The van der Waals surface area contributed by atoms with E-state index in [1.807, 2.05) is 25.1 Å². The van der Waals surface area contributed by atoms with Crippen molar-refractivity contribution in [2.45, 2.75) is 19.6 Å². The molecule has 2 aromatic rings. The third kappa shape index (κ3) is 4.78. The maximum atomic E-state index is 12.9. The van der Waals surface area contributed by atoms with Gasteiger partial charge in [-0.15, -0.1) is 0 Å². The van der Waals surface area contributed by atoms with Gasteiger partial charge in [-0.3, -0.25) is 4.99 Å². The highest BCUT2D eigenvalue weighted by Crippen LogP contribution is 2.32. The number of hydrogen-bond donors (Lipinski definition) is 2. The molecule has 2 N–H and O–H groups in total. The highest BCUT2D eigenvalue weighted by atomic mass is 19.1. The van der Waals surface area contributed by atoms with Crippen molar-refractivity contribution in [1.82, 2.24) is 10.6 Å². The lowest BCUT2D eigenvalue weighted by Gasteiger charge is -2.18. The topological polar surface area (TPSA) is 64.1 Å².